The first kappa shape index (κ1) is 13.6. The fraction of sp³-hybridized carbons (Fsp3) is 0.200. The first-order valence-electron chi connectivity index (χ1n) is 4.64. The number of nitro benzene ring substituents is 1. The highest BCUT2D eigenvalue weighted by molar-refractivity contribution is 5.84. The van der Waals surface area contributed by atoms with Crippen molar-refractivity contribution < 1.29 is 29.5 Å². The number of rotatable bonds is 5. The number of hydrogen-bond acceptors (Lipinski definition) is 6. The number of carbonyl (C=O) groups is 2. The van der Waals surface area contributed by atoms with E-state index >= 15 is 0 Å². The standard InChI is InChI=1S/C10H9NO7/c1-18-8-3-7(11(16)17)5(4-12)2-6(8)9(13)10(14)15/h2-4,9,13H,1H3,(H,14,15). The van der Waals surface area contributed by atoms with Gasteiger partial charge in [-0.3, -0.25) is 14.9 Å². The SMILES string of the molecule is COc1cc([N+](=O)[O-])c(C=O)cc1C(O)C(=O)O. The smallest absolute Gasteiger partial charge is 0.337 e. The summed E-state index contributed by atoms with van der Waals surface area (Å²) in [6, 6.07) is 1.81. The molecule has 1 aromatic rings. The zero-order valence-corrected chi connectivity index (χ0v) is 9.19. The Morgan fingerprint density at radius 3 is 2.56 bits per heavy atom. The molecule has 0 fully saturated rings. The van der Waals surface area contributed by atoms with E-state index in [1.807, 2.05) is 0 Å². The summed E-state index contributed by atoms with van der Waals surface area (Å²) >= 11 is 0. The van der Waals surface area contributed by atoms with Gasteiger partial charge in [-0.05, 0) is 6.07 Å². The van der Waals surface area contributed by atoms with Crippen molar-refractivity contribution in [1.29, 1.82) is 0 Å². The third-order valence-electron chi connectivity index (χ3n) is 2.23. The van der Waals surface area contributed by atoms with Crippen molar-refractivity contribution in [1.82, 2.24) is 0 Å². The van der Waals surface area contributed by atoms with Gasteiger partial charge in [0.1, 0.15) is 5.75 Å². The van der Waals surface area contributed by atoms with Crippen molar-refractivity contribution in [3.63, 3.8) is 0 Å². The fourth-order valence-electron chi connectivity index (χ4n) is 1.38. The maximum Gasteiger partial charge on any atom is 0.337 e. The molecule has 0 radical (unpaired) electrons. The van der Waals surface area contributed by atoms with Gasteiger partial charge in [0.15, 0.2) is 12.4 Å². The van der Waals surface area contributed by atoms with Gasteiger partial charge in [0.2, 0.25) is 0 Å². The number of aliphatic hydroxyl groups is 1. The minimum absolute atomic E-state index is 0.179. The average molecular weight is 255 g/mol. The number of aliphatic hydroxyl groups excluding tert-OH is 1. The van der Waals surface area contributed by atoms with Crippen molar-refractivity contribution >= 4 is 17.9 Å². The molecule has 0 aromatic heterocycles. The Bertz CT molecular complexity index is 511. The van der Waals surface area contributed by atoms with E-state index in [4.69, 9.17) is 9.84 Å². The van der Waals surface area contributed by atoms with Gasteiger partial charge in [-0.25, -0.2) is 4.79 Å². The number of carboxylic acids is 1. The summed E-state index contributed by atoms with van der Waals surface area (Å²) in [5.41, 5.74) is -1.09. The van der Waals surface area contributed by atoms with Crippen molar-refractivity contribution in [2.45, 2.75) is 6.10 Å². The molecular weight excluding hydrogens is 246 g/mol. The molecule has 1 unspecified atom stereocenters. The van der Waals surface area contributed by atoms with E-state index in [0.717, 1.165) is 19.2 Å². The van der Waals surface area contributed by atoms with Crippen LogP contribution >= 0.6 is 0 Å². The molecule has 2 N–H and O–H groups in total. The lowest BCUT2D eigenvalue weighted by Gasteiger charge is -2.11. The molecule has 0 aliphatic rings. The Morgan fingerprint density at radius 1 is 1.56 bits per heavy atom. The van der Waals surface area contributed by atoms with Crippen LogP contribution in [0.2, 0.25) is 0 Å². The van der Waals surface area contributed by atoms with Crippen LogP contribution in [0.25, 0.3) is 0 Å². The zero-order chi connectivity index (χ0) is 13.9. The van der Waals surface area contributed by atoms with Crippen LogP contribution in [0, 0.1) is 10.1 Å². The number of hydrogen-bond donors (Lipinski definition) is 2. The Kier molecular flexibility index (Phi) is 3.95. The summed E-state index contributed by atoms with van der Waals surface area (Å²) in [6.45, 7) is 0. The van der Waals surface area contributed by atoms with Gasteiger partial charge < -0.3 is 14.9 Å². The Labute approximate surface area is 101 Å². The normalized spacial score (nSPS) is 11.7. The number of nitrogens with zero attached hydrogens (tertiary/aromatic N) is 1. The molecule has 0 saturated heterocycles. The molecule has 18 heavy (non-hydrogen) atoms. The molecule has 0 bridgehead atoms. The van der Waals surface area contributed by atoms with Crippen LogP contribution in [0.15, 0.2) is 12.1 Å². The quantitative estimate of drug-likeness (QED) is 0.446. The summed E-state index contributed by atoms with van der Waals surface area (Å²) in [4.78, 5) is 31.2. The fourth-order valence-corrected chi connectivity index (χ4v) is 1.38. The summed E-state index contributed by atoms with van der Waals surface area (Å²) < 4.78 is 4.76. The molecular formula is C10H9NO7. The third kappa shape index (κ3) is 2.43. The monoisotopic (exact) mass is 255 g/mol. The number of carbonyl (C=O) groups excluding carboxylic acids is 1. The summed E-state index contributed by atoms with van der Waals surface area (Å²) in [6.07, 6.45) is -1.73. The number of aliphatic carboxylic acids is 1. The van der Waals surface area contributed by atoms with E-state index in [1.54, 1.807) is 0 Å². The number of nitro groups is 1. The van der Waals surface area contributed by atoms with E-state index in [9.17, 15) is 24.8 Å². The molecule has 0 spiro atoms. The van der Waals surface area contributed by atoms with Gasteiger partial charge in [-0.1, -0.05) is 0 Å². The van der Waals surface area contributed by atoms with Crippen molar-refractivity contribution in [2.75, 3.05) is 7.11 Å². The lowest BCUT2D eigenvalue weighted by molar-refractivity contribution is -0.385. The molecule has 1 atom stereocenters. The Hall–Kier alpha value is -2.48. The highest BCUT2D eigenvalue weighted by atomic mass is 16.6. The van der Waals surface area contributed by atoms with Gasteiger partial charge >= 0.3 is 5.97 Å². The molecule has 1 aromatic carbocycles. The Balaban J connectivity index is 3.48. The molecule has 8 heteroatoms. The van der Waals surface area contributed by atoms with Gasteiger partial charge in [-0.15, -0.1) is 0 Å². The summed E-state index contributed by atoms with van der Waals surface area (Å²) in [5.74, 6) is -1.73. The first-order chi connectivity index (χ1) is 8.42. The molecule has 0 aliphatic heterocycles. The van der Waals surface area contributed by atoms with Gasteiger partial charge in [0.05, 0.1) is 23.7 Å². The lowest BCUT2D eigenvalue weighted by atomic mass is 10.0. The topological polar surface area (TPSA) is 127 Å². The second kappa shape index (κ2) is 5.23. The highest BCUT2D eigenvalue weighted by Gasteiger charge is 2.25. The number of aldehydes is 1. The summed E-state index contributed by atoms with van der Waals surface area (Å²) in [7, 11) is 1.16. The van der Waals surface area contributed by atoms with Crippen LogP contribution in [0.1, 0.15) is 22.0 Å². The van der Waals surface area contributed by atoms with E-state index in [-0.39, 0.29) is 23.2 Å². The molecule has 0 heterocycles. The first-order valence-corrected chi connectivity index (χ1v) is 4.64. The summed E-state index contributed by atoms with van der Waals surface area (Å²) in [5, 5.41) is 28.7. The number of methoxy groups -OCH3 is 1. The minimum Gasteiger partial charge on any atom is -0.496 e. The predicted molar refractivity (Wildman–Crippen MR) is 57.6 cm³/mol. The van der Waals surface area contributed by atoms with Crippen LogP contribution in [-0.2, 0) is 4.79 Å². The van der Waals surface area contributed by atoms with Gasteiger partial charge in [-0.2, -0.15) is 0 Å². The number of carboxylic acid groups (broad SMARTS) is 1. The maximum atomic E-state index is 10.7. The maximum absolute atomic E-state index is 10.7. The highest BCUT2D eigenvalue weighted by Crippen LogP contribution is 2.32. The predicted octanol–water partition coefficient (Wildman–Crippen LogP) is 0.534. The minimum atomic E-state index is -1.93. The average Bonchev–Trinajstić information content (AvgIpc) is 2.35. The molecule has 0 aliphatic carbocycles. The van der Waals surface area contributed by atoms with E-state index in [0.29, 0.717) is 0 Å². The van der Waals surface area contributed by atoms with Crippen LogP contribution in [0.3, 0.4) is 0 Å². The van der Waals surface area contributed by atoms with Crippen LogP contribution < -0.4 is 4.74 Å². The van der Waals surface area contributed by atoms with Crippen molar-refractivity contribution in [2.24, 2.45) is 0 Å². The number of benzene rings is 1. The van der Waals surface area contributed by atoms with E-state index in [1.165, 1.54) is 0 Å². The lowest BCUT2D eigenvalue weighted by Crippen LogP contribution is -2.12. The second-order valence-corrected chi connectivity index (χ2v) is 3.27. The van der Waals surface area contributed by atoms with E-state index in [2.05, 4.69) is 0 Å². The van der Waals surface area contributed by atoms with Crippen molar-refractivity contribution in [3.05, 3.63) is 33.4 Å². The molecule has 8 nitrogen and oxygen atoms in total. The Morgan fingerprint density at radius 2 is 2.17 bits per heavy atom. The second-order valence-electron chi connectivity index (χ2n) is 3.27. The van der Waals surface area contributed by atoms with Gasteiger partial charge in [0, 0.05) is 5.56 Å². The van der Waals surface area contributed by atoms with Crippen LogP contribution in [-0.4, -0.2) is 34.5 Å². The molecule has 1 rings (SSSR count). The zero-order valence-electron chi connectivity index (χ0n) is 9.19. The number of ether oxygens (including phenoxy) is 1. The van der Waals surface area contributed by atoms with Crippen molar-refractivity contribution in [3.8, 4) is 5.75 Å². The van der Waals surface area contributed by atoms with Crippen LogP contribution in [0.5, 0.6) is 5.75 Å². The van der Waals surface area contributed by atoms with Crippen LogP contribution in [0.4, 0.5) is 5.69 Å². The largest absolute Gasteiger partial charge is 0.496 e. The van der Waals surface area contributed by atoms with E-state index < -0.39 is 22.7 Å². The molecule has 0 saturated carbocycles. The molecule has 96 valence electrons. The molecule has 0 amide bonds. The van der Waals surface area contributed by atoms with Gasteiger partial charge in [0.25, 0.3) is 5.69 Å². The third-order valence-corrected chi connectivity index (χ3v) is 2.23.